The molecule has 2 rings (SSSR count). The molecule has 2 aromatic rings. The Hall–Kier alpha value is -2.11. The van der Waals surface area contributed by atoms with Gasteiger partial charge in [0, 0.05) is 45.1 Å². The van der Waals surface area contributed by atoms with Crippen LogP contribution in [0, 0.1) is 6.92 Å². The first kappa shape index (κ1) is 13.3. The summed E-state index contributed by atoms with van der Waals surface area (Å²) in [6, 6.07) is 1.75. The van der Waals surface area contributed by atoms with Gasteiger partial charge in [0.05, 0.1) is 5.69 Å². The van der Waals surface area contributed by atoms with Crippen molar-refractivity contribution in [1.82, 2.24) is 24.5 Å². The van der Waals surface area contributed by atoms with E-state index in [9.17, 15) is 4.79 Å². The highest BCUT2D eigenvalue weighted by molar-refractivity contribution is 5.91. The fraction of sp³-hybridized carbons (Fsp3) is 0.462. The molecular formula is C13H19N5O. The van der Waals surface area contributed by atoms with Gasteiger partial charge in [-0.05, 0) is 19.9 Å². The number of amides is 1. The summed E-state index contributed by atoms with van der Waals surface area (Å²) in [6.07, 6.45) is 3.75. The maximum Gasteiger partial charge on any atom is 0.274 e. The Balaban J connectivity index is 2.09. The molecule has 102 valence electrons. The van der Waals surface area contributed by atoms with Crippen LogP contribution in [-0.2, 0) is 20.1 Å². The first-order chi connectivity index (χ1) is 9.01. The summed E-state index contributed by atoms with van der Waals surface area (Å²) >= 11 is 0. The number of rotatable bonds is 4. The molecule has 19 heavy (non-hydrogen) atoms. The third-order valence-electron chi connectivity index (χ3n) is 3.05. The molecule has 0 saturated carbocycles. The minimum absolute atomic E-state index is 0.0737. The molecule has 0 aromatic carbocycles. The summed E-state index contributed by atoms with van der Waals surface area (Å²) in [7, 11) is 3.65. The standard InChI is InChI=1S/C13H19N5O/c1-5-18-7-6-12(15-18)13(19)16(3)8-11-9-17(4)14-10(11)2/h6-7,9H,5,8H2,1-4H3. The summed E-state index contributed by atoms with van der Waals surface area (Å²) in [5.41, 5.74) is 2.47. The molecule has 2 heterocycles. The Labute approximate surface area is 112 Å². The van der Waals surface area contributed by atoms with Crippen LogP contribution in [-0.4, -0.2) is 37.4 Å². The Bertz CT molecular complexity index is 584. The van der Waals surface area contributed by atoms with Crippen LogP contribution in [0.2, 0.25) is 0 Å². The fourth-order valence-electron chi connectivity index (χ4n) is 1.98. The molecule has 0 atom stereocenters. The van der Waals surface area contributed by atoms with Gasteiger partial charge in [-0.2, -0.15) is 10.2 Å². The minimum Gasteiger partial charge on any atom is -0.336 e. The molecule has 0 unspecified atom stereocenters. The molecule has 2 aromatic heterocycles. The molecule has 0 aliphatic rings. The van der Waals surface area contributed by atoms with Crippen LogP contribution in [0.1, 0.15) is 28.7 Å². The van der Waals surface area contributed by atoms with E-state index in [1.165, 1.54) is 0 Å². The Morgan fingerprint density at radius 3 is 2.68 bits per heavy atom. The van der Waals surface area contributed by atoms with E-state index in [2.05, 4.69) is 10.2 Å². The SMILES string of the molecule is CCn1ccc(C(=O)N(C)Cc2cn(C)nc2C)n1. The van der Waals surface area contributed by atoms with Gasteiger partial charge in [-0.1, -0.05) is 0 Å². The van der Waals surface area contributed by atoms with Gasteiger partial charge in [0.2, 0.25) is 0 Å². The highest BCUT2D eigenvalue weighted by Gasteiger charge is 2.16. The van der Waals surface area contributed by atoms with E-state index >= 15 is 0 Å². The van der Waals surface area contributed by atoms with Crippen molar-refractivity contribution in [1.29, 1.82) is 0 Å². The van der Waals surface area contributed by atoms with Gasteiger partial charge in [-0.3, -0.25) is 14.2 Å². The van der Waals surface area contributed by atoms with Gasteiger partial charge in [0.15, 0.2) is 0 Å². The summed E-state index contributed by atoms with van der Waals surface area (Å²) in [6.45, 7) is 5.24. The highest BCUT2D eigenvalue weighted by Crippen LogP contribution is 2.10. The summed E-state index contributed by atoms with van der Waals surface area (Å²) < 4.78 is 3.51. The lowest BCUT2D eigenvalue weighted by atomic mass is 10.2. The minimum atomic E-state index is -0.0737. The first-order valence-corrected chi connectivity index (χ1v) is 6.29. The van der Waals surface area contributed by atoms with Crippen molar-refractivity contribution < 1.29 is 4.79 Å². The molecule has 0 aliphatic heterocycles. The van der Waals surface area contributed by atoms with Crippen molar-refractivity contribution in [2.24, 2.45) is 7.05 Å². The zero-order valence-electron chi connectivity index (χ0n) is 11.8. The molecule has 0 aliphatic carbocycles. The van der Waals surface area contributed by atoms with Gasteiger partial charge in [0.25, 0.3) is 5.91 Å². The van der Waals surface area contributed by atoms with Crippen molar-refractivity contribution in [2.75, 3.05) is 7.05 Å². The van der Waals surface area contributed by atoms with E-state index in [1.807, 2.05) is 33.3 Å². The molecule has 0 saturated heterocycles. The first-order valence-electron chi connectivity index (χ1n) is 6.29. The lowest BCUT2D eigenvalue weighted by Crippen LogP contribution is -2.26. The predicted octanol–water partition coefficient (Wildman–Crippen LogP) is 1.22. The van der Waals surface area contributed by atoms with E-state index in [0.717, 1.165) is 17.8 Å². The lowest BCUT2D eigenvalue weighted by Gasteiger charge is -2.15. The van der Waals surface area contributed by atoms with E-state index in [-0.39, 0.29) is 5.91 Å². The van der Waals surface area contributed by atoms with Crippen LogP contribution < -0.4 is 0 Å². The van der Waals surface area contributed by atoms with Gasteiger partial charge in [0.1, 0.15) is 5.69 Å². The van der Waals surface area contributed by atoms with Crippen LogP contribution in [0.3, 0.4) is 0 Å². The highest BCUT2D eigenvalue weighted by atomic mass is 16.2. The number of carbonyl (C=O) groups excluding carboxylic acids is 1. The molecule has 6 heteroatoms. The van der Waals surface area contributed by atoms with E-state index in [0.29, 0.717) is 12.2 Å². The van der Waals surface area contributed by atoms with E-state index < -0.39 is 0 Å². The molecule has 0 spiro atoms. The molecule has 0 bridgehead atoms. The topological polar surface area (TPSA) is 56.0 Å². The van der Waals surface area contributed by atoms with Gasteiger partial charge < -0.3 is 4.90 Å². The molecule has 6 nitrogen and oxygen atoms in total. The summed E-state index contributed by atoms with van der Waals surface area (Å²) in [5, 5.41) is 8.50. The Kier molecular flexibility index (Phi) is 3.69. The van der Waals surface area contributed by atoms with Crippen LogP contribution in [0.25, 0.3) is 0 Å². The number of hydrogen-bond acceptors (Lipinski definition) is 3. The third-order valence-corrected chi connectivity index (χ3v) is 3.05. The Morgan fingerprint density at radius 2 is 2.16 bits per heavy atom. The number of aromatic nitrogens is 4. The number of carbonyl (C=O) groups is 1. The third kappa shape index (κ3) is 2.83. The second kappa shape index (κ2) is 5.26. The molecule has 0 radical (unpaired) electrons. The number of nitrogens with zero attached hydrogens (tertiary/aromatic N) is 5. The zero-order valence-corrected chi connectivity index (χ0v) is 11.8. The maximum atomic E-state index is 12.2. The monoisotopic (exact) mass is 261 g/mol. The fourth-order valence-corrected chi connectivity index (χ4v) is 1.98. The quantitative estimate of drug-likeness (QED) is 0.831. The zero-order chi connectivity index (χ0) is 14.0. The second-order valence-electron chi connectivity index (χ2n) is 4.63. The predicted molar refractivity (Wildman–Crippen MR) is 71.6 cm³/mol. The van der Waals surface area contributed by atoms with Crippen LogP contribution in [0.4, 0.5) is 0 Å². The van der Waals surface area contributed by atoms with Crippen molar-refractivity contribution in [3.05, 3.63) is 35.4 Å². The smallest absolute Gasteiger partial charge is 0.274 e. The van der Waals surface area contributed by atoms with Crippen molar-refractivity contribution in [3.8, 4) is 0 Å². The second-order valence-corrected chi connectivity index (χ2v) is 4.63. The molecule has 0 fully saturated rings. The summed E-state index contributed by atoms with van der Waals surface area (Å²) in [5.74, 6) is -0.0737. The van der Waals surface area contributed by atoms with E-state index in [4.69, 9.17) is 0 Å². The van der Waals surface area contributed by atoms with E-state index in [1.54, 1.807) is 27.4 Å². The lowest BCUT2D eigenvalue weighted by molar-refractivity contribution is 0.0778. The maximum absolute atomic E-state index is 12.2. The molecule has 1 amide bonds. The Morgan fingerprint density at radius 1 is 1.42 bits per heavy atom. The number of hydrogen-bond donors (Lipinski definition) is 0. The largest absolute Gasteiger partial charge is 0.336 e. The van der Waals surface area contributed by atoms with Crippen LogP contribution in [0.15, 0.2) is 18.5 Å². The van der Waals surface area contributed by atoms with Crippen molar-refractivity contribution in [2.45, 2.75) is 26.9 Å². The van der Waals surface area contributed by atoms with Crippen LogP contribution in [0.5, 0.6) is 0 Å². The molecular weight excluding hydrogens is 242 g/mol. The summed E-state index contributed by atoms with van der Waals surface area (Å²) in [4.78, 5) is 13.9. The van der Waals surface area contributed by atoms with Crippen molar-refractivity contribution >= 4 is 5.91 Å². The average Bonchev–Trinajstić information content (AvgIpc) is 2.95. The van der Waals surface area contributed by atoms with Gasteiger partial charge >= 0.3 is 0 Å². The number of aryl methyl sites for hydroxylation is 3. The van der Waals surface area contributed by atoms with Gasteiger partial charge in [-0.15, -0.1) is 0 Å². The normalized spacial score (nSPS) is 10.7. The van der Waals surface area contributed by atoms with Crippen molar-refractivity contribution in [3.63, 3.8) is 0 Å². The molecule has 0 N–H and O–H groups in total. The van der Waals surface area contributed by atoms with Crippen LogP contribution >= 0.6 is 0 Å². The average molecular weight is 261 g/mol. The van der Waals surface area contributed by atoms with Gasteiger partial charge in [-0.25, -0.2) is 0 Å².